The highest BCUT2D eigenvalue weighted by Gasteiger charge is 2.15. The van der Waals surface area contributed by atoms with E-state index in [0.29, 0.717) is 21.6 Å². The second-order valence-corrected chi connectivity index (χ2v) is 3.16. The van der Waals surface area contributed by atoms with Gasteiger partial charge in [-0.3, -0.25) is 0 Å². The van der Waals surface area contributed by atoms with Gasteiger partial charge in [0.25, 0.3) is 0 Å². The summed E-state index contributed by atoms with van der Waals surface area (Å²) < 4.78 is 9.77. The van der Waals surface area contributed by atoms with E-state index in [1.165, 1.54) is 13.4 Å². The van der Waals surface area contributed by atoms with Crippen LogP contribution in [0.4, 0.5) is 0 Å². The van der Waals surface area contributed by atoms with E-state index in [1.54, 1.807) is 18.2 Å². The van der Waals surface area contributed by atoms with Crippen LogP contribution in [-0.2, 0) is 4.74 Å². The highest BCUT2D eigenvalue weighted by molar-refractivity contribution is 6.36. The molecular weight excluding hydrogens is 204 g/mol. The van der Waals surface area contributed by atoms with Gasteiger partial charge in [0, 0.05) is 0 Å². The number of carbonyl (C=O) groups is 1. The summed E-state index contributed by atoms with van der Waals surface area (Å²) in [7, 11) is 1.32. The SMILES string of the molecule is COC(=O)c1coc2cccc(Cl)c12. The molecule has 0 radical (unpaired) electrons. The van der Waals surface area contributed by atoms with Crippen LogP contribution in [0.15, 0.2) is 28.9 Å². The van der Waals surface area contributed by atoms with Crippen LogP contribution in [0.2, 0.25) is 5.02 Å². The van der Waals surface area contributed by atoms with Crippen LogP contribution in [0.3, 0.4) is 0 Å². The van der Waals surface area contributed by atoms with Crippen molar-refractivity contribution in [3.05, 3.63) is 35.0 Å². The minimum atomic E-state index is -0.447. The predicted molar refractivity (Wildman–Crippen MR) is 52.6 cm³/mol. The van der Waals surface area contributed by atoms with Gasteiger partial charge in [0.2, 0.25) is 0 Å². The van der Waals surface area contributed by atoms with Gasteiger partial charge in [0.15, 0.2) is 0 Å². The molecule has 1 aromatic heterocycles. The van der Waals surface area contributed by atoms with Crippen LogP contribution < -0.4 is 0 Å². The van der Waals surface area contributed by atoms with Crippen molar-refractivity contribution in [2.45, 2.75) is 0 Å². The van der Waals surface area contributed by atoms with Crippen LogP contribution in [0.1, 0.15) is 10.4 Å². The molecule has 0 amide bonds. The minimum absolute atomic E-state index is 0.355. The molecule has 3 nitrogen and oxygen atoms in total. The molecular formula is C10H7ClO3. The Labute approximate surface area is 85.2 Å². The summed E-state index contributed by atoms with van der Waals surface area (Å²) in [5.41, 5.74) is 0.936. The Hall–Kier alpha value is -1.48. The standard InChI is InChI=1S/C10H7ClO3/c1-13-10(12)6-5-14-8-4-2-3-7(11)9(6)8/h2-5H,1H3. The van der Waals surface area contributed by atoms with Gasteiger partial charge in [-0.1, -0.05) is 17.7 Å². The first-order valence-corrected chi connectivity index (χ1v) is 4.36. The van der Waals surface area contributed by atoms with Crippen molar-refractivity contribution in [2.75, 3.05) is 7.11 Å². The third-order valence-corrected chi connectivity index (χ3v) is 2.27. The molecule has 14 heavy (non-hydrogen) atoms. The van der Waals surface area contributed by atoms with E-state index in [2.05, 4.69) is 4.74 Å². The Morgan fingerprint density at radius 1 is 1.50 bits per heavy atom. The van der Waals surface area contributed by atoms with Crippen molar-refractivity contribution in [2.24, 2.45) is 0 Å². The number of ether oxygens (including phenoxy) is 1. The molecule has 0 atom stereocenters. The quantitative estimate of drug-likeness (QED) is 0.680. The number of furan rings is 1. The third kappa shape index (κ3) is 1.26. The van der Waals surface area contributed by atoms with Crippen molar-refractivity contribution < 1.29 is 13.9 Å². The van der Waals surface area contributed by atoms with E-state index in [4.69, 9.17) is 16.0 Å². The number of hydrogen-bond acceptors (Lipinski definition) is 3. The molecule has 0 aliphatic carbocycles. The second kappa shape index (κ2) is 3.35. The van der Waals surface area contributed by atoms with Gasteiger partial charge in [-0.15, -0.1) is 0 Å². The predicted octanol–water partition coefficient (Wildman–Crippen LogP) is 2.87. The molecule has 0 saturated carbocycles. The molecule has 2 aromatic rings. The molecule has 0 aliphatic heterocycles. The number of carbonyl (C=O) groups excluding carboxylic acids is 1. The summed E-state index contributed by atoms with van der Waals surface area (Å²) in [6.45, 7) is 0. The lowest BCUT2D eigenvalue weighted by atomic mass is 10.2. The molecule has 72 valence electrons. The zero-order valence-electron chi connectivity index (χ0n) is 7.41. The summed E-state index contributed by atoms with van der Waals surface area (Å²) in [6, 6.07) is 5.20. The molecule has 0 bridgehead atoms. The second-order valence-electron chi connectivity index (χ2n) is 2.75. The Bertz CT molecular complexity index is 487. The summed E-state index contributed by atoms with van der Waals surface area (Å²) in [5, 5.41) is 1.08. The number of halogens is 1. The molecule has 0 aliphatic rings. The van der Waals surface area contributed by atoms with Gasteiger partial charge in [0.1, 0.15) is 17.4 Å². The fourth-order valence-electron chi connectivity index (χ4n) is 1.31. The van der Waals surface area contributed by atoms with Crippen LogP contribution in [0.25, 0.3) is 11.0 Å². The lowest BCUT2D eigenvalue weighted by Crippen LogP contribution is -1.99. The molecule has 0 spiro atoms. The molecule has 0 saturated heterocycles. The summed E-state index contributed by atoms with van der Waals surface area (Å²) >= 11 is 5.94. The first-order valence-electron chi connectivity index (χ1n) is 3.98. The van der Waals surface area contributed by atoms with Crippen LogP contribution in [0, 0.1) is 0 Å². The number of benzene rings is 1. The number of hydrogen-bond donors (Lipinski definition) is 0. The number of methoxy groups -OCH3 is 1. The maximum Gasteiger partial charge on any atom is 0.341 e. The van der Waals surface area contributed by atoms with Crippen LogP contribution >= 0.6 is 11.6 Å². The highest BCUT2D eigenvalue weighted by Crippen LogP contribution is 2.28. The normalized spacial score (nSPS) is 10.4. The Morgan fingerprint density at radius 3 is 3.00 bits per heavy atom. The minimum Gasteiger partial charge on any atom is -0.465 e. The molecule has 1 heterocycles. The zero-order valence-corrected chi connectivity index (χ0v) is 8.17. The van der Waals surface area contributed by atoms with Gasteiger partial charge in [-0.2, -0.15) is 0 Å². The first-order chi connectivity index (χ1) is 6.74. The molecule has 0 unspecified atom stereocenters. The third-order valence-electron chi connectivity index (χ3n) is 1.95. The maximum absolute atomic E-state index is 11.3. The van der Waals surface area contributed by atoms with Crippen molar-refractivity contribution in [1.82, 2.24) is 0 Å². The lowest BCUT2D eigenvalue weighted by Gasteiger charge is -1.96. The summed E-state index contributed by atoms with van der Waals surface area (Å²) in [5.74, 6) is -0.447. The van der Waals surface area contributed by atoms with Gasteiger partial charge in [-0.05, 0) is 12.1 Å². The monoisotopic (exact) mass is 210 g/mol. The first kappa shape index (κ1) is 9.09. The Kier molecular flexibility index (Phi) is 2.17. The summed E-state index contributed by atoms with van der Waals surface area (Å²) in [6.07, 6.45) is 1.35. The molecule has 0 N–H and O–H groups in total. The van der Waals surface area contributed by atoms with Gasteiger partial charge in [0.05, 0.1) is 17.5 Å². The van der Waals surface area contributed by atoms with Gasteiger partial charge >= 0.3 is 5.97 Å². The number of rotatable bonds is 1. The Balaban J connectivity index is 2.73. The Morgan fingerprint density at radius 2 is 2.29 bits per heavy atom. The van der Waals surface area contributed by atoms with Crippen LogP contribution in [-0.4, -0.2) is 13.1 Å². The average Bonchev–Trinajstić information content (AvgIpc) is 2.62. The fraction of sp³-hybridized carbons (Fsp3) is 0.100. The van der Waals surface area contributed by atoms with E-state index in [1.807, 2.05) is 0 Å². The smallest absolute Gasteiger partial charge is 0.341 e. The van der Waals surface area contributed by atoms with E-state index < -0.39 is 5.97 Å². The van der Waals surface area contributed by atoms with E-state index in [9.17, 15) is 4.79 Å². The largest absolute Gasteiger partial charge is 0.465 e. The van der Waals surface area contributed by atoms with Gasteiger partial charge < -0.3 is 9.15 Å². The molecule has 0 fully saturated rings. The fourth-order valence-corrected chi connectivity index (χ4v) is 1.57. The van der Waals surface area contributed by atoms with Crippen molar-refractivity contribution in [1.29, 1.82) is 0 Å². The zero-order chi connectivity index (χ0) is 10.1. The average molecular weight is 211 g/mol. The van der Waals surface area contributed by atoms with Crippen LogP contribution in [0.5, 0.6) is 0 Å². The summed E-state index contributed by atoms with van der Waals surface area (Å²) in [4.78, 5) is 11.3. The van der Waals surface area contributed by atoms with Crippen molar-refractivity contribution in [3.63, 3.8) is 0 Å². The lowest BCUT2D eigenvalue weighted by molar-refractivity contribution is 0.0602. The molecule has 2 rings (SSSR count). The number of fused-ring (bicyclic) bond motifs is 1. The van der Waals surface area contributed by atoms with E-state index >= 15 is 0 Å². The molecule has 4 heteroatoms. The maximum atomic E-state index is 11.3. The molecule has 1 aromatic carbocycles. The van der Waals surface area contributed by atoms with Crippen molar-refractivity contribution in [3.8, 4) is 0 Å². The van der Waals surface area contributed by atoms with E-state index in [0.717, 1.165) is 0 Å². The number of esters is 1. The van der Waals surface area contributed by atoms with Crippen molar-refractivity contribution >= 4 is 28.5 Å². The highest BCUT2D eigenvalue weighted by atomic mass is 35.5. The van der Waals surface area contributed by atoms with Gasteiger partial charge in [-0.25, -0.2) is 4.79 Å². The topological polar surface area (TPSA) is 39.4 Å². The van der Waals surface area contributed by atoms with E-state index in [-0.39, 0.29) is 0 Å².